The molecule has 0 spiro atoms. The van der Waals surface area contributed by atoms with Crippen LogP contribution in [0.4, 0.5) is 4.39 Å². The van der Waals surface area contributed by atoms with E-state index in [1.54, 1.807) is 7.05 Å². The van der Waals surface area contributed by atoms with Crippen LogP contribution in [0, 0.1) is 5.82 Å². The van der Waals surface area contributed by atoms with Gasteiger partial charge in [-0.1, -0.05) is 26.0 Å². The first-order chi connectivity index (χ1) is 11.1. The number of nitrogens with zero attached hydrogens (tertiary/aromatic N) is 3. The van der Waals surface area contributed by atoms with Crippen LogP contribution in [0.3, 0.4) is 0 Å². The van der Waals surface area contributed by atoms with Crippen molar-refractivity contribution in [2.75, 3.05) is 40.3 Å². The number of guanidine groups is 1. The van der Waals surface area contributed by atoms with Gasteiger partial charge in [-0.05, 0) is 50.2 Å². The first kappa shape index (κ1) is 19.4. The Bertz CT molecular complexity index is 455. The Balaban J connectivity index is 2.31. The summed E-state index contributed by atoms with van der Waals surface area (Å²) in [6.45, 7) is 9.42. The van der Waals surface area contributed by atoms with Gasteiger partial charge in [-0.25, -0.2) is 4.39 Å². The maximum atomic E-state index is 12.9. The average Bonchev–Trinajstić information content (AvgIpc) is 2.56. The molecule has 130 valence electrons. The zero-order valence-corrected chi connectivity index (χ0v) is 15.0. The van der Waals surface area contributed by atoms with Crippen molar-refractivity contribution >= 4 is 5.96 Å². The average molecular weight is 322 g/mol. The molecule has 0 aliphatic carbocycles. The number of nitrogens with one attached hydrogen (secondary N) is 1. The molecule has 0 aliphatic heterocycles. The summed E-state index contributed by atoms with van der Waals surface area (Å²) in [5, 5.41) is 3.39. The van der Waals surface area contributed by atoms with Crippen LogP contribution in [0.25, 0.3) is 0 Å². The standard InChI is InChI=1S/C18H31FN4/c1-5-23(6-2)14-8-7-13-21-18(20-3)22(4)15-16-9-11-17(19)12-10-16/h9-12H,5-8,13-15H2,1-4H3,(H,20,21). The highest BCUT2D eigenvalue weighted by atomic mass is 19.1. The van der Waals surface area contributed by atoms with Gasteiger partial charge in [-0.2, -0.15) is 0 Å². The quantitative estimate of drug-likeness (QED) is 0.431. The Kier molecular flexibility index (Phi) is 9.29. The Morgan fingerprint density at radius 1 is 1.13 bits per heavy atom. The van der Waals surface area contributed by atoms with Crippen LogP contribution in [0.1, 0.15) is 32.3 Å². The number of halogens is 1. The lowest BCUT2D eigenvalue weighted by Crippen LogP contribution is -2.39. The summed E-state index contributed by atoms with van der Waals surface area (Å²) in [6, 6.07) is 6.60. The van der Waals surface area contributed by atoms with E-state index >= 15 is 0 Å². The number of rotatable bonds is 9. The molecule has 0 saturated carbocycles. The van der Waals surface area contributed by atoms with Crippen molar-refractivity contribution < 1.29 is 4.39 Å². The number of hydrogen-bond acceptors (Lipinski definition) is 2. The van der Waals surface area contributed by atoms with Gasteiger partial charge in [-0.3, -0.25) is 4.99 Å². The van der Waals surface area contributed by atoms with Crippen molar-refractivity contribution in [2.24, 2.45) is 4.99 Å². The molecule has 0 radical (unpaired) electrons. The van der Waals surface area contributed by atoms with Crippen molar-refractivity contribution in [2.45, 2.75) is 33.2 Å². The topological polar surface area (TPSA) is 30.9 Å². The SMILES string of the molecule is CCN(CC)CCCCNC(=NC)N(C)Cc1ccc(F)cc1. The van der Waals surface area contributed by atoms with E-state index in [1.165, 1.54) is 18.6 Å². The molecular weight excluding hydrogens is 291 g/mol. The van der Waals surface area contributed by atoms with Gasteiger partial charge in [0, 0.05) is 27.2 Å². The minimum absolute atomic E-state index is 0.202. The molecule has 1 N–H and O–H groups in total. The van der Waals surface area contributed by atoms with Crippen molar-refractivity contribution in [1.29, 1.82) is 0 Å². The van der Waals surface area contributed by atoms with E-state index in [0.29, 0.717) is 6.54 Å². The van der Waals surface area contributed by atoms with Gasteiger partial charge in [0.15, 0.2) is 5.96 Å². The third-order valence-corrected chi connectivity index (χ3v) is 3.99. The third-order valence-electron chi connectivity index (χ3n) is 3.99. The van der Waals surface area contributed by atoms with Gasteiger partial charge in [0.05, 0.1) is 0 Å². The molecule has 1 rings (SSSR count). The molecular formula is C18H31FN4. The maximum absolute atomic E-state index is 12.9. The van der Waals surface area contributed by atoms with Crippen LogP contribution in [0.5, 0.6) is 0 Å². The minimum atomic E-state index is -0.202. The predicted octanol–water partition coefficient (Wildman–Crippen LogP) is 2.95. The van der Waals surface area contributed by atoms with Crippen molar-refractivity contribution in [3.63, 3.8) is 0 Å². The normalized spacial score (nSPS) is 11.8. The lowest BCUT2D eigenvalue weighted by Gasteiger charge is -2.22. The fourth-order valence-corrected chi connectivity index (χ4v) is 2.52. The zero-order valence-electron chi connectivity index (χ0n) is 15.0. The van der Waals surface area contributed by atoms with Crippen molar-refractivity contribution in [1.82, 2.24) is 15.1 Å². The number of hydrogen-bond donors (Lipinski definition) is 1. The molecule has 0 aromatic heterocycles. The predicted molar refractivity (Wildman–Crippen MR) is 96.3 cm³/mol. The van der Waals surface area contributed by atoms with Gasteiger partial charge >= 0.3 is 0 Å². The van der Waals surface area contributed by atoms with Gasteiger partial charge in [-0.15, -0.1) is 0 Å². The van der Waals surface area contributed by atoms with Crippen molar-refractivity contribution in [3.8, 4) is 0 Å². The first-order valence-electron chi connectivity index (χ1n) is 8.49. The summed E-state index contributed by atoms with van der Waals surface area (Å²) in [5.41, 5.74) is 1.07. The molecule has 1 aromatic carbocycles. The van der Waals surface area contributed by atoms with E-state index in [9.17, 15) is 4.39 Å². The van der Waals surface area contributed by atoms with E-state index in [1.807, 2.05) is 19.2 Å². The van der Waals surface area contributed by atoms with Crippen molar-refractivity contribution in [3.05, 3.63) is 35.6 Å². The lowest BCUT2D eigenvalue weighted by atomic mass is 10.2. The third kappa shape index (κ3) is 7.46. The second kappa shape index (κ2) is 11.0. The Labute approximate surface area is 140 Å². The number of unbranched alkanes of at least 4 members (excludes halogenated alkanes) is 1. The summed E-state index contributed by atoms with van der Waals surface area (Å²) >= 11 is 0. The molecule has 4 nitrogen and oxygen atoms in total. The second-order valence-electron chi connectivity index (χ2n) is 5.69. The van der Waals surface area contributed by atoms with E-state index < -0.39 is 0 Å². The largest absolute Gasteiger partial charge is 0.356 e. The second-order valence-corrected chi connectivity index (χ2v) is 5.69. The van der Waals surface area contributed by atoms with Gasteiger partial charge in [0.2, 0.25) is 0 Å². The highest BCUT2D eigenvalue weighted by molar-refractivity contribution is 5.79. The van der Waals surface area contributed by atoms with Crippen LogP contribution in [-0.2, 0) is 6.54 Å². The summed E-state index contributed by atoms with van der Waals surface area (Å²) < 4.78 is 12.9. The zero-order chi connectivity index (χ0) is 17.1. The molecule has 0 aliphatic rings. The highest BCUT2D eigenvalue weighted by Gasteiger charge is 2.06. The van der Waals surface area contributed by atoms with E-state index in [2.05, 4.69) is 34.0 Å². The molecule has 0 fully saturated rings. The Morgan fingerprint density at radius 3 is 2.35 bits per heavy atom. The Hall–Kier alpha value is -1.62. The number of aliphatic imine (C=N–C) groups is 1. The molecule has 0 bridgehead atoms. The summed E-state index contributed by atoms with van der Waals surface area (Å²) in [5.74, 6) is 0.671. The molecule has 0 heterocycles. The summed E-state index contributed by atoms with van der Waals surface area (Å²) in [6.07, 6.45) is 2.31. The summed E-state index contributed by atoms with van der Waals surface area (Å²) in [7, 11) is 3.79. The van der Waals surface area contributed by atoms with E-state index in [4.69, 9.17) is 0 Å². The van der Waals surface area contributed by atoms with Gasteiger partial charge in [0.25, 0.3) is 0 Å². The molecule has 23 heavy (non-hydrogen) atoms. The van der Waals surface area contributed by atoms with E-state index in [-0.39, 0.29) is 5.82 Å². The molecule has 0 amide bonds. The molecule has 0 unspecified atom stereocenters. The monoisotopic (exact) mass is 322 g/mol. The van der Waals surface area contributed by atoms with Crippen LogP contribution in [-0.4, -0.2) is 56.0 Å². The molecule has 1 aromatic rings. The van der Waals surface area contributed by atoms with Crippen LogP contribution >= 0.6 is 0 Å². The molecule has 0 atom stereocenters. The fraction of sp³-hybridized carbons (Fsp3) is 0.611. The number of benzene rings is 1. The van der Waals surface area contributed by atoms with Crippen LogP contribution in [0.2, 0.25) is 0 Å². The van der Waals surface area contributed by atoms with E-state index in [0.717, 1.165) is 44.1 Å². The lowest BCUT2D eigenvalue weighted by molar-refractivity contribution is 0.297. The fourth-order valence-electron chi connectivity index (χ4n) is 2.52. The van der Waals surface area contributed by atoms with Gasteiger partial charge < -0.3 is 15.1 Å². The van der Waals surface area contributed by atoms with Crippen LogP contribution < -0.4 is 5.32 Å². The van der Waals surface area contributed by atoms with Gasteiger partial charge in [0.1, 0.15) is 5.82 Å². The molecule has 0 saturated heterocycles. The first-order valence-corrected chi connectivity index (χ1v) is 8.49. The Morgan fingerprint density at radius 2 is 1.78 bits per heavy atom. The smallest absolute Gasteiger partial charge is 0.193 e. The van der Waals surface area contributed by atoms with Crippen LogP contribution in [0.15, 0.2) is 29.3 Å². The minimum Gasteiger partial charge on any atom is -0.356 e. The molecule has 5 heteroatoms. The summed E-state index contributed by atoms with van der Waals surface area (Å²) in [4.78, 5) is 8.81. The maximum Gasteiger partial charge on any atom is 0.193 e. The highest BCUT2D eigenvalue weighted by Crippen LogP contribution is 2.05.